The molecule has 0 unspecified atom stereocenters. The molecule has 2 aliphatic rings. The topological polar surface area (TPSA) is 71.3 Å². The van der Waals surface area contributed by atoms with Gasteiger partial charge in [-0.3, -0.25) is 4.79 Å². The lowest BCUT2D eigenvalue weighted by atomic mass is 9.97. The summed E-state index contributed by atoms with van der Waals surface area (Å²) in [5.74, 6) is 1.01. The predicted molar refractivity (Wildman–Crippen MR) is 94.1 cm³/mol. The van der Waals surface area contributed by atoms with Crippen LogP contribution in [0.4, 0.5) is 0 Å². The largest absolute Gasteiger partial charge is 0.486 e. The summed E-state index contributed by atoms with van der Waals surface area (Å²) in [6, 6.07) is 9.12. The minimum atomic E-state index is -0.198. The maximum Gasteiger partial charge on any atom is 0.223 e. The zero-order valence-electron chi connectivity index (χ0n) is 14.6. The Morgan fingerprint density at radius 2 is 1.84 bits per heavy atom. The Bertz CT molecular complexity index is 600. The van der Waals surface area contributed by atoms with E-state index in [0.29, 0.717) is 24.5 Å². The van der Waals surface area contributed by atoms with Crippen molar-refractivity contribution in [2.24, 2.45) is 5.92 Å². The summed E-state index contributed by atoms with van der Waals surface area (Å²) in [6.45, 7) is 1.11. The van der Waals surface area contributed by atoms with E-state index in [1.807, 2.05) is 0 Å². The van der Waals surface area contributed by atoms with E-state index in [1.54, 1.807) is 24.3 Å². The Labute approximate surface area is 149 Å². The van der Waals surface area contributed by atoms with Gasteiger partial charge in [-0.1, -0.05) is 25.7 Å². The molecular weight excluding hydrogens is 316 g/mol. The van der Waals surface area contributed by atoms with Gasteiger partial charge in [-0.25, -0.2) is 0 Å². The summed E-state index contributed by atoms with van der Waals surface area (Å²) in [7, 11) is 0. The average molecular weight is 342 g/mol. The molecule has 25 heavy (non-hydrogen) atoms. The number of nitriles is 1. The van der Waals surface area contributed by atoms with Crippen molar-refractivity contribution >= 4 is 5.91 Å². The van der Waals surface area contributed by atoms with Crippen LogP contribution in [0, 0.1) is 17.2 Å². The Morgan fingerprint density at radius 1 is 1.12 bits per heavy atom. The van der Waals surface area contributed by atoms with Gasteiger partial charge in [0.05, 0.1) is 24.3 Å². The molecule has 0 bridgehead atoms. The van der Waals surface area contributed by atoms with E-state index in [-0.39, 0.29) is 24.0 Å². The molecule has 1 aliphatic heterocycles. The van der Waals surface area contributed by atoms with Gasteiger partial charge in [0.1, 0.15) is 11.9 Å². The number of carbonyl (C=O) groups is 1. The Balaban J connectivity index is 1.59. The molecule has 5 nitrogen and oxygen atoms in total. The van der Waals surface area contributed by atoms with Crippen LogP contribution in [0.15, 0.2) is 24.3 Å². The van der Waals surface area contributed by atoms with E-state index in [2.05, 4.69) is 11.4 Å². The van der Waals surface area contributed by atoms with Crippen molar-refractivity contribution in [2.45, 2.75) is 57.1 Å². The van der Waals surface area contributed by atoms with Gasteiger partial charge in [0.15, 0.2) is 0 Å². The quantitative estimate of drug-likeness (QED) is 0.853. The standard InChI is InChI=1S/C20H26N2O3/c21-13-15-7-9-17(10-8-15)25-19-14-24-12-11-18(19)22-20(23)16-5-3-1-2-4-6-16/h7-10,16,18-19H,1-6,11-12,14H2,(H,22,23)/t18-,19-/m1/s1. The van der Waals surface area contributed by atoms with Crippen LogP contribution in [0.5, 0.6) is 5.75 Å². The second kappa shape index (κ2) is 8.87. The molecule has 2 atom stereocenters. The van der Waals surface area contributed by atoms with E-state index in [4.69, 9.17) is 14.7 Å². The van der Waals surface area contributed by atoms with Crippen LogP contribution >= 0.6 is 0 Å². The molecule has 3 rings (SSSR count). The molecule has 0 spiro atoms. The van der Waals surface area contributed by atoms with Gasteiger partial charge in [0, 0.05) is 12.5 Å². The van der Waals surface area contributed by atoms with E-state index in [0.717, 1.165) is 32.1 Å². The Kier molecular flexibility index (Phi) is 6.30. The maximum atomic E-state index is 12.7. The van der Waals surface area contributed by atoms with Crippen LogP contribution in [-0.4, -0.2) is 31.3 Å². The van der Waals surface area contributed by atoms with Gasteiger partial charge < -0.3 is 14.8 Å². The van der Waals surface area contributed by atoms with Gasteiger partial charge in [0.25, 0.3) is 0 Å². The van der Waals surface area contributed by atoms with E-state index >= 15 is 0 Å². The fraction of sp³-hybridized carbons (Fsp3) is 0.600. The fourth-order valence-corrected chi connectivity index (χ4v) is 3.62. The lowest BCUT2D eigenvalue weighted by Crippen LogP contribution is -2.52. The Morgan fingerprint density at radius 3 is 2.52 bits per heavy atom. The number of benzene rings is 1. The van der Waals surface area contributed by atoms with Crippen molar-refractivity contribution in [1.29, 1.82) is 5.26 Å². The van der Waals surface area contributed by atoms with Crippen molar-refractivity contribution in [3.63, 3.8) is 0 Å². The number of nitrogens with zero attached hydrogens (tertiary/aromatic N) is 1. The molecule has 1 N–H and O–H groups in total. The summed E-state index contributed by atoms with van der Waals surface area (Å²) in [6.07, 6.45) is 7.34. The summed E-state index contributed by atoms with van der Waals surface area (Å²) in [4.78, 5) is 12.7. The molecule has 2 fully saturated rings. The van der Waals surface area contributed by atoms with Gasteiger partial charge in [-0.05, 0) is 43.5 Å². The molecule has 0 radical (unpaired) electrons. The molecule has 1 amide bonds. The second-order valence-electron chi connectivity index (χ2n) is 6.96. The van der Waals surface area contributed by atoms with Crippen LogP contribution in [0.2, 0.25) is 0 Å². The summed E-state index contributed by atoms with van der Waals surface area (Å²) in [5.41, 5.74) is 0.602. The van der Waals surface area contributed by atoms with E-state index < -0.39 is 0 Å². The first-order valence-corrected chi connectivity index (χ1v) is 9.31. The monoisotopic (exact) mass is 342 g/mol. The number of hydrogen-bond donors (Lipinski definition) is 1. The lowest BCUT2D eigenvalue weighted by molar-refractivity contribution is -0.128. The van der Waals surface area contributed by atoms with Crippen LogP contribution in [0.3, 0.4) is 0 Å². The van der Waals surface area contributed by atoms with Gasteiger partial charge in [-0.2, -0.15) is 5.26 Å². The molecule has 1 aliphatic carbocycles. The van der Waals surface area contributed by atoms with Gasteiger partial charge >= 0.3 is 0 Å². The zero-order valence-corrected chi connectivity index (χ0v) is 14.6. The molecular formula is C20H26N2O3. The SMILES string of the molecule is N#Cc1ccc(O[C@@H]2COCC[C@H]2NC(=O)C2CCCCCC2)cc1. The van der Waals surface area contributed by atoms with Crippen LogP contribution in [0.1, 0.15) is 50.5 Å². The molecule has 0 aromatic heterocycles. The maximum absolute atomic E-state index is 12.7. The molecule has 134 valence electrons. The molecule has 1 aromatic rings. The van der Waals surface area contributed by atoms with Crippen molar-refractivity contribution < 1.29 is 14.3 Å². The first kappa shape index (κ1) is 17.8. The second-order valence-corrected chi connectivity index (χ2v) is 6.96. The predicted octanol–water partition coefficient (Wildman–Crippen LogP) is 3.18. The number of ether oxygens (including phenoxy) is 2. The Hall–Kier alpha value is -2.06. The third kappa shape index (κ3) is 4.96. The normalized spacial score (nSPS) is 24.8. The third-order valence-electron chi connectivity index (χ3n) is 5.13. The first-order chi connectivity index (χ1) is 12.3. The number of nitrogens with one attached hydrogen (secondary N) is 1. The smallest absolute Gasteiger partial charge is 0.223 e. The average Bonchev–Trinajstić information content (AvgIpc) is 2.93. The van der Waals surface area contributed by atoms with Gasteiger partial charge in [0.2, 0.25) is 5.91 Å². The highest BCUT2D eigenvalue weighted by Gasteiger charge is 2.31. The van der Waals surface area contributed by atoms with E-state index in [9.17, 15) is 4.79 Å². The number of rotatable bonds is 4. The van der Waals surface area contributed by atoms with Crippen LogP contribution in [-0.2, 0) is 9.53 Å². The van der Waals surface area contributed by atoms with Gasteiger partial charge in [-0.15, -0.1) is 0 Å². The summed E-state index contributed by atoms with van der Waals surface area (Å²) >= 11 is 0. The highest BCUT2D eigenvalue weighted by molar-refractivity contribution is 5.79. The molecule has 1 saturated carbocycles. The van der Waals surface area contributed by atoms with Crippen molar-refractivity contribution in [2.75, 3.05) is 13.2 Å². The van der Waals surface area contributed by atoms with Crippen molar-refractivity contribution in [3.05, 3.63) is 29.8 Å². The third-order valence-corrected chi connectivity index (χ3v) is 5.13. The lowest BCUT2D eigenvalue weighted by Gasteiger charge is -2.33. The highest BCUT2D eigenvalue weighted by atomic mass is 16.5. The summed E-state index contributed by atoms with van der Waals surface area (Å²) < 4.78 is 11.6. The van der Waals surface area contributed by atoms with Crippen LogP contribution in [0.25, 0.3) is 0 Å². The van der Waals surface area contributed by atoms with Crippen LogP contribution < -0.4 is 10.1 Å². The van der Waals surface area contributed by atoms with Crippen molar-refractivity contribution in [3.8, 4) is 11.8 Å². The minimum Gasteiger partial charge on any atom is -0.486 e. The van der Waals surface area contributed by atoms with E-state index in [1.165, 1.54) is 12.8 Å². The fourth-order valence-electron chi connectivity index (χ4n) is 3.62. The molecule has 1 saturated heterocycles. The van der Waals surface area contributed by atoms with Crippen molar-refractivity contribution in [1.82, 2.24) is 5.32 Å². The molecule has 1 aromatic carbocycles. The highest BCUT2D eigenvalue weighted by Crippen LogP contribution is 2.24. The number of carbonyl (C=O) groups excluding carboxylic acids is 1. The number of hydrogen-bond acceptors (Lipinski definition) is 4. The molecule has 1 heterocycles. The summed E-state index contributed by atoms with van der Waals surface area (Å²) in [5, 5.41) is 12.1. The first-order valence-electron chi connectivity index (χ1n) is 9.31. The molecule has 5 heteroatoms. The zero-order chi connectivity index (χ0) is 17.5. The number of amides is 1. The minimum absolute atomic E-state index is 0.0276.